The molecule has 1 fully saturated rings. The molecule has 1 atom stereocenters. The highest BCUT2D eigenvalue weighted by Gasteiger charge is 2.14. The number of aliphatic hydroxyl groups is 1. The van der Waals surface area contributed by atoms with Crippen LogP contribution >= 0.6 is 0 Å². The summed E-state index contributed by atoms with van der Waals surface area (Å²) in [5, 5.41) is 16.1. The quantitative estimate of drug-likeness (QED) is 0.709. The maximum absolute atomic E-state index is 11.8. The van der Waals surface area contributed by atoms with Gasteiger partial charge in [-0.15, -0.1) is 0 Å². The number of hydrogen-bond donors (Lipinski definition) is 3. The van der Waals surface area contributed by atoms with Crippen LogP contribution in [-0.2, 0) is 0 Å². The molecule has 1 aliphatic heterocycles. The molecule has 2 rings (SSSR count). The number of anilines is 1. The fraction of sp³-hybridized carbons (Fsp3) is 0.647. The summed E-state index contributed by atoms with van der Waals surface area (Å²) in [4.78, 5) is 18.3. The predicted octanol–water partition coefficient (Wildman–Crippen LogP) is 1.48. The Balaban J connectivity index is 1.80. The fourth-order valence-electron chi connectivity index (χ4n) is 2.83. The number of likely N-dealkylation sites (tertiary alicyclic amines) is 1. The van der Waals surface area contributed by atoms with Crippen LogP contribution in [0.4, 0.5) is 5.82 Å². The Morgan fingerprint density at radius 2 is 2.09 bits per heavy atom. The average Bonchev–Trinajstić information content (AvgIpc) is 2.82. The standard InChI is InChI=1S/C17H28N4O2/c1-2-18-17(23)14-7-8-19-16(11-14)20-12-15(22)13-21-9-5-3-4-6-10-21/h7-8,11,15,22H,2-6,9-10,12-13H2,1H3,(H,18,23)(H,19,20). The molecule has 2 heterocycles. The Morgan fingerprint density at radius 1 is 1.35 bits per heavy atom. The van der Waals surface area contributed by atoms with E-state index in [0.717, 1.165) is 13.1 Å². The minimum Gasteiger partial charge on any atom is -0.390 e. The third-order valence-electron chi connectivity index (χ3n) is 4.05. The van der Waals surface area contributed by atoms with E-state index in [1.807, 2.05) is 6.92 Å². The van der Waals surface area contributed by atoms with Crippen molar-refractivity contribution in [1.82, 2.24) is 15.2 Å². The number of nitrogens with zero attached hydrogens (tertiary/aromatic N) is 2. The SMILES string of the molecule is CCNC(=O)c1ccnc(NCC(O)CN2CCCCCC2)c1. The highest BCUT2D eigenvalue weighted by molar-refractivity contribution is 5.94. The smallest absolute Gasteiger partial charge is 0.251 e. The van der Waals surface area contributed by atoms with Gasteiger partial charge in [-0.05, 0) is 45.0 Å². The van der Waals surface area contributed by atoms with Crippen LogP contribution in [0, 0.1) is 0 Å². The maximum atomic E-state index is 11.8. The predicted molar refractivity (Wildman–Crippen MR) is 91.6 cm³/mol. The normalized spacial score (nSPS) is 17.3. The third-order valence-corrected chi connectivity index (χ3v) is 4.05. The Bertz CT molecular complexity index is 487. The molecule has 23 heavy (non-hydrogen) atoms. The van der Waals surface area contributed by atoms with Crippen molar-refractivity contribution in [2.75, 3.05) is 38.0 Å². The molecule has 0 aromatic carbocycles. The lowest BCUT2D eigenvalue weighted by Crippen LogP contribution is -2.36. The minimum atomic E-state index is -0.442. The number of rotatable bonds is 7. The molecule has 0 saturated carbocycles. The van der Waals surface area contributed by atoms with Gasteiger partial charge in [0.15, 0.2) is 0 Å². The van der Waals surface area contributed by atoms with Gasteiger partial charge in [0.05, 0.1) is 6.10 Å². The van der Waals surface area contributed by atoms with Gasteiger partial charge in [0.1, 0.15) is 5.82 Å². The van der Waals surface area contributed by atoms with Crippen LogP contribution in [0.2, 0.25) is 0 Å². The minimum absolute atomic E-state index is 0.108. The van der Waals surface area contributed by atoms with Crippen LogP contribution in [0.1, 0.15) is 43.0 Å². The van der Waals surface area contributed by atoms with Crippen molar-refractivity contribution in [1.29, 1.82) is 0 Å². The van der Waals surface area contributed by atoms with Crippen LogP contribution in [0.15, 0.2) is 18.3 Å². The molecule has 1 amide bonds. The molecule has 6 nitrogen and oxygen atoms in total. The van der Waals surface area contributed by atoms with Crippen molar-refractivity contribution in [2.45, 2.75) is 38.7 Å². The number of hydrogen-bond acceptors (Lipinski definition) is 5. The molecule has 1 aromatic heterocycles. The summed E-state index contributed by atoms with van der Waals surface area (Å²) in [5.41, 5.74) is 0.575. The lowest BCUT2D eigenvalue weighted by molar-refractivity contribution is 0.0955. The van der Waals surface area contributed by atoms with Crippen molar-refractivity contribution in [3.8, 4) is 0 Å². The number of nitrogens with one attached hydrogen (secondary N) is 2. The molecule has 0 bridgehead atoms. The summed E-state index contributed by atoms with van der Waals surface area (Å²) in [6.07, 6.45) is 6.19. The van der Waals surface area contributed by atoms with Gasteiger partial charge in [0, 0.05) is 31.4 Å². The van der Waals surface area contributed by atoms with Crippen LogP contribution < -0.4 is 10.6 Å². The van der Waals surface area contributed by atoms with Gasteiger partial charge in [0.2, 0.25) is 0 Å². The summed E-state index contributed by atoms with van der Waals surface area (Å²) in [6, 6.07) is 3.40. The molecule has 128 valence electrons. The molecule has 6 heteroatoms. The zero-order chi connectivity index (χ0) is 16.5. The maximum Gasteiger partial charge on any atom is 0.251 e. The van der Waals surface area contributed by atoms with E-state index in [9.17, 15) is 9.90 Å². The van der Waals surface area contributed by atoms with Crippen LogP contribution in [-0.4, -0.2) is 59.7 Å². The second kappa shape index (κ2) is 9.47. The second-order valence-electron chi connectivity index (χ2n) is 6.04. The first-order valence-electron chi connectivity index (χ1n) is 8.57. The zero-order valence-corrected chi connectivity index (χ0v) is 13.9. The van der Waals surface area contributed by atoms with E-state index < -0.39 is 6.10 Å². The molecule has 0 aliphatic carbocycles. The summed E-state index contributed by atoms with van der Waals surface area (Å²) in [5.74, 6) is 0.506. The first-order chi connectivity index (χ1) is 11.2. The molecule has 1 aromatic rings. The largest absolute Gasteiger partial charge is 0.390 e. The highest BCUT2D eigenvalue weighted by Crippen LogP contribution is 2.11. The lowest BCUT2D eigenvalue weighted by atomic mass is 10.2. The monoisotopic (exact) mass is 320 g/mol. The van der Waals surface area contributed by atoms with Crippen LogP contribution in [0.5, 0.6) is 0 Å². The lowest BCUT2D eigenvalue weighted by Gasteiger charge is -2.23. The zero-order valence-electron chi connectivity index (χ0n) is 13.9. The van der Waals surface area contributed by atoms with Gasteiger partial charge in [-0.2, -0.15) is 0 Å². The number of amides is 1. The van der Waals surface area contributed by atoms with Crippen molar-refractivity contribution in [2.24, 2.45) is 0 Å². The molecule has 1 aliphatic rings. The first-order valence-corrected chi connectivity index (χ1v) is 8.57. The number of β-amino-alcohol motifs (C(OH)–C–C–N with tert-alkyl or cyclic N) is 1. The molecule has 0 radical (unpaired) electrons. The Kier molecular flexibility index (Phi) is 7.29. The van der Waals surface area contributed by atoms with E-state index in [0.29, 0.717) is 31.0 Å². The van der Waals surface area contributed by atoms with Gasteiger partial charge in [0.25, 0.3) is 5.91 Å². The van der Waals surface area contributed by atoms with Crippen molar-refractivity contribution < 1.29 is 9.90 Å². The van der Waals surface area contributed by atoms with E-state index in [1.54, 1.807) is 18.3 Å². The van der Waals surface area contributed by atoms with E-state index in [-0.39, 0.29) is 5.91 Å². The average molecular weight is 320 g/mol. The van der Waals surface area contributed by atoms with Crippen LogP contribution in [0.3, 0.4) is 0 Å². The summed E-state index contributed by atoms with van der Waals surface area (Å²) < 4.78 is 0. The van der Waals surface area contributed by atoms with Gasteiger partial charge in [-0.25, -0.2) is 4.98 Å². The second-order valence-corrected chi connectivity index (χ2v) is 6.04. The number of aromatic nitrogens is 1. The molecular formula is C17H28N4O2. The van der Waals surface area contributed by atoms with Gasteiger partial charge in [-0.1, -0.05) is 12.8 Å². The van der Waals surface area contributed by atoms with Crippen molar-refractivity contribution in [3.63, 3.8) is 0 Å². The highest BCUT2D eigenvalue weighted by atomic mass is 16.3. The van der Waals surface area contributed by atoms with Crippen LogP contribution in [0.25, 0.3) is 0 Å². The molecule has 1 saturated heterocycles. The Labute approximate surface area is 138 Å². The number of pyridine rings is 1. The van der Waals surface area contributed by atoms with E-state index in [2.05, 4.69) is 20.5 Å². The Morgan fingerprint density at radius 3 is 2.78 bits per heavy atom. The van der Waals surface area contributed by atoms with Crippen molar-refractivity contribution >= 4 is 11.7 Å². The van der Waals surface area contributed by atoms with E-state index in [1.165, 1.54) is 25.7 Å². The summed E-state index contributed by atoms with van der Waals surface area (Å²) in [6.45, 7) is 5.74. The van der Waals surface area contributed by atoms with Gasteiger partial charge in [-0.3, -0.25) is 4.79 Å². The fourth-order valence-corrected chi connectivity index (χ4v) is 2.83. The Hall–Kier alpha value is -1.66. The van der Waals surface area contributed by atoms with E-state index >= 15 is 0 Å². The van der Waals surface area contributed by atoms with E-state index in [4.69, 9.17) is 0 Å². The molecule has 0 spiro atoms. The van der Waals surface area contributed by atoms with Gasteiger partial charge < -0.3 is 20.6 Å². The van der Waals surface area contributed by atoms with Crippen molar-refractivity contribution in [3.05, 3.63) is 23.9 Å². The summed E-state index contributed by atoms with van der Waals surface area (Å²) >= 11 is 0. The number of aliphatic hydroxyl groups excluding tert-OH is 1. The molecular weight excluding hydrogens is 292 g/mol. The molecule has 3 N–H and O–H groups in total. The number of carbonyl (C=O) groups excluding carboxylic acids is 1. The topological polar surface area (TPSA) is 77.5 Å². The van der Waals surface area contributed by atoms with Gasteiger partial charge >= 0.3 is 0 Å². The first kappa shape index (κ1) is 17.7. The summed E-state index contributed by atoms with van der Waals surface area (Å²) in [7, 11) is 0. The number of carbonyl (C=O) groups is 1. The molecule has 1 unspecified atom stereocenters. The third kappa shape index (κ3) is 6.15.